The first-order valence-corrected chi connectivity index (χ1v) is 6.83. The number of hydrogen-bond donors (Lipinski definition) is 1. The number of nitrogen functional groups attached to an aromatic ring is 1. The predicted molar refractivity (Wildman–Crippen MR) is 76.7 cm³/mol. The van der Waals surface area contributed by atoms with E-state index in [2.05, 4.69) is 6.07 Å². The molecule has 4 heteroatoms. The van der Waals surface area contributed by atoms with Gasteiger partial charge in [-0.25, -0.2) is 4.79 Å². The molecule has 0 amide bonds. The van der Waals surface area contributed by atoms with Crippen molar-refractivity contribution in [1.29, 1.82) is 0 Å². The Morgan fingerprint density at radius 2 is 2.22 bits per heavy atom. The third-order valence-electron chi connectivity index (χ3n) is 2.57. The van der Waals surface area contributed by atoms with Gasteiger partial charge in [-0.2, -0.15) is 0 Å². The lowest BCUT2D eigenvalue weighted by Crippen LogP contribution is -2.04. The Hall–Kier alpha value is -1.42. The molecule has 18 heavy (non-hydrogen) atoms. The van der Waals surface area contributed by atoms with E-state index in [0.29, 0.717) is 17.7 Å². The molecule has 0 radical (unpaired) electrons. The summed E-state index contributed by atoms with van der Waals surface area (Å²) < 4.78 is 4.71. The Labute approximate surface area is 112 Å². The van der Waals surface area contributed by atoms with Gasteiger partial charge in [0.25, 0.3) is 0 Å². The van der Waals surface area contributed by atoms with Crippen LogP contribution in [0.15, 0.2) is 34.7 Å². The minimum Gasteiger partial charge on any atom is -0.466 e. The molecule has 0 aromatic heterocycles. The van der Waals surface area contributed by atoms with E-state index in [1.807, 2.05) is 32.1 Å². The number of thioether (sulfide) groups is 1. The van der Waals surface area contributed by atoms with Crippen LogP contribution >= 0.6 is 11.8 Å². The van der Waals surface area contributed by atoms with E-state index in [0.717, 1.165) is 10.6 Å². The summed E-state index contributed by atoms with van der Waals surface area (Å²) in [5, 5.41) is 0. The normalized spacial score (nSPS) is 11.4. The summed E-state index contributed by atoms with van der Waals surface area (Å²) in [4.78, 5) is 12.4. The molecule has 0 aliphatic heterocycles. The fourth-order valence-corrected chi connectivity index (χ4v) is 2.47. The molecule has 0 atom stereocenters. The number of rotatable bonds is 5. The number of carbonyl (C=O) groups excluding carboxylic acids is 1. The average molecular weight is 265 g/mol. The van der Waals surface area contributed by atoms with Crippen molar-refractivity contribution in [2.75, 3.05) is 18.6 Å². The molecule has 0 bridgehead atoms. The highest BCUT2D eigenvalue weighted by Crippen LogP contribution is 2.26. The van der Waals surface area contributed by atoms with E-state index in [1.165, 1.54) is 12.7 Å². The van der Waals surface area contributed by atoms with E-state index in [4.69, 9.17) is 10.5 Å². The van der Waals surface area contributed by atoms with Gasteiger partial charge >= 0.3 is 5.97 Å². The number of aryl methyl sites for hydroxylation is 1. The Morgan fingerprint density at radius 3 is 2.83 bits per heavy atom. The van der Waals surface area contributed by atoms with Crippen LogP contribution in [0.2, 0.25) is 0 Å². The van der Waals surface area contributed by atoms with Gasteiger partial charge in [-0.15, -0.1) is 11.8 Å². The number of methoxy groups -OCH3 is 1. The Kier molecular flexibility index (Phi) is 5.78. The lowest BCUT2D eigenvalue weighted by atomic mass is 10.2. The second-order valence-corrected chi connectivity index (χ2v) is 4.99. The van der Waals surface area contributed by atoms with Crippen LogP contribution in [0.3, 0.4) is 0 Å². The Morgan fingerprint density at radius 1 is 1.50 bits per heavy atom. The summed E-state index contributed by atoms with van der Waals surface area (Å²) in [5.74, 6) is 0.460. The minimum absolute atomic E-state index is 0.254. The van der Waals surface area contributed by atoms with Crippen LogP contribution in [0.25, 0.3) is 0 Å². The molecule has 1 aromatic rings. The summed E-state index contributed by atoms with van der Waals surface area (Å²) in [6.45, 7) is 3.97. The number of nitrogens with two attached hydrogens (primary N) is 1. The largest absolute Gasteiger partial charge is 0.466 e. The van der Waals surface area contributed by atoms with Crippen molar-refractivity contribution in [3.8, 4) is 0 Å². The lowest BCUT2D eigenvalue weighted by molar-refractivity contribution is -0.136. The summed E-state index contributed by atoms with van der Waals surface area (Å²) in [6.07, 6.45) is 2.58. The fourth-order valence-electron chi connectivity index (χ4n) is 1.50. The number of hydrogen-bond acceptors (Lipinski definition) is 4. The van der Waals surface area contributed by atoms with Crippen LogP contribution in [0.1, 0.15) is 18.9 Å². The van der Waals surface area contributed by atoms with Crippen LogP contribution in [0.5, 0.6) is 0 Å². The number of esters is 1. The van der Waals surface area contributed by atoms with E-state index in [9.17, 15) is 4.79 Å². The molecule has 2 N–H and O–H groups in total. The molecule has 0 unspecified atom stereocenters. The first-order valence-electron chi connectivity index (χ1n) is 5.84. The first kappa shape index (κ1) is 14.6. The molecular weight excluding hydrogens is 246 g/mol. The molecule has 0 saturated carbocycles. The first-order chi connectivity index (χ1) is 8.58. The highest BCUT2D eigenvalue weighted by Gasteiger charge is 2.06. The second kappa shape index (κ2) is 7.11. The number of ether oxygens (including phenoxy) is 1. The minimum atomic E-state index is -0.254. The number of benzene rings is 1. The van der Waals surface area contributed by atoms with Gasteiger partial charge in [0.1, 0.15) is 0 Å². The smallest absolute Gasteiger partial charge is 0.333 e. The summed E-state index contributed by atoms with van der Waals surface area (Å²) in [6, 6.07) is 5.95. The Bertz CT molecular complexity index is 455. The molecule has 1 aromatic carbocycles. The van der Waals surface area contributed by atoms with Crippen molar-refractivity contribution >= 4 is 23.4 Å². The monoisotopic (exact) mass is 265 g/mol. The maximum Gasteiger partial charge on any atom is 0.333 e. The topological polar surface area (TPSA) is 52.3 Å². The van der Waals surface area contributed by atoms with Gasteiger partial charge in [-0.1, -0.05) is 19.1 Å². The molecule has 98 valence electrons. The van der Waals surface area contributed by atoms with Crippen molar-refractivity contribution in [3.63, 3.8) is 0 Å². The third-order valence-corrected chi connectivity index (χ3v) is 3.56. The van der Waals surface area contributed by atoms with E-state index in [1.54, 1.807) is 11.8 Å². The highest BCUT2D eigenvalue weighted by atomic mass is 32.2. The fraction of sp³-hybridized carbons (Fsp3) is 0.357. The molecule has 0 spiro atoms. The Balaban J connectivity index is 2.67. The maximum absolute atomic E-state index is 11.4. The van der Waals surface area contributed by atoms with Gasteiger partial charge in [0.2, 0.25) is 0 Å². The van der Waals surface area contributed by atoms with Crippen molar-refractivity contribution in [3.05, 3.63) is 35.4 Å². The van der Waals surface area contributed by atoms with Gasteiger partial charge < -0.3 is 10.5 Å². The lowest BCUT2D eigenvalue weighted by Gasteiger charge is -2.06. The van der Waals surface area contributed by atoms with Gasteiger partial charge in [0.15, 0.2) is 0 Å². The predicted octanol–water partition coefficient (Wildman–Crippen LogP) is 3.18. The zero-order valence-electron chi connectivity index (χ0n) is 11.0. The summed E-state index contributed by atoms with van der Waals surface area (Å²) in [7, 11) is 1.40. The highest BCUT2D eigenvalue weighted by molar-refractivity contribution is 7.99. The van der Waals surface area contributed by atoms with E-state index < -0.39 is 0 Å². The molecule has 0 aliphatic carbocycles. The SMILES string of the molecule is CCC(=CCSc1cc(C)ccc1N)C(=O)OC. The van der Waals surface area contributed by atoms with Crippen LogP contribution in [0.4, 0.5) is 5.69 Å². The molecular formula is C14H19NO2S. The van der Waals surface area contributed by atoms with Crippen LogP contribution in [0, 0.1) is 6.92 Å². The molecule has 0 fully saturated rings. The second-order valence-electron chi connectivity index (χ2n) is 3.93. The van der Waals surface area contributed by atoms with E-state index >= 15 is 0 Å². The average Bonchev–Trinajstić information content (AvgIpc) is 2.37. The molecule has 0 aliphatic rings. The molecule has 1 rings (SSSR count). The van der Waals surface area contributed by atoms with Crippen LogP contribution in [-0.4, -0.2) is 18.8 Å². The standard InChI is InChI=1S/C14H19NO2S/c1-4-11(14(16)17-3)7-8-18-13-9-10(2)5-6-12(13)15/h5-7,9H,4,8,15H2,1-3H3. The van der Waals surface area contributed by atoms with Crippen molar-refractivity contribution in [2.24, 2.45) is 0 Å². The van der Waals surface area contributed by atoms with Gasteiger partial charge in [0.05, 0.1) is 7.11 Å². The zero-order chi connectivity index (χ0) is 13.5. The molecule has 0 saturated heterocycles. The van der Waals surface area contributed by atoms with Gasteiger partial charge in [-0.05, 0) is 31.0 Å². The summed E-state index contributed by atoms with van der Waals surface area (Å²) in [5.41, 5.74) is 8.55. The molecule has 3 nitrogen and oxygen atoms in total. The summed E-state index contributed by atoms with van der Waals surface area (Å²) >= 11 is 1.62. The maximum atomic E-state index is 11.4. The molecule has 0 heterocycles. The number of anilines is 1. The van der Waals surface area contributed by atoms with Crippen molar-refractivity contribution in [2.45, 2.75) is 25.2 Å². The van der Waals surface area contributed by atoms with Crippen LogP contribution in [-0.2, 0) is 9.53 Å². The van der Waals surface area contributed by atoms with Crippen molar-refractivity contribution in [1.82, 2.24) is 0 Å². The third kappa shape index (κ3) is 4.11. The van der Waals surface area contributed by atoms with Crippen molar-refractivity contribution < 1.29 is 9.53 Å². The van der Waals surface area contributed by atoms with E-state index in [-0.39, 0.29) is 5.97 Å². The zero-order valence-corrected chi connectivity index (χ0v) is 11.8. The number of carbonyl (C=O) groups is 1. The van der Waals surface area contributed by atoms with Crippen LogP contribution < -0.4 is 5.73 Å². The van der Waals surface area contributed by atoms with Gasteiger partial charge in [-0.3, -0.25) is 0 Å². The van der Waals surface area contributed by atoms with Gasteiger partial charge in [0, 0.05) is 21.9 Å². The quantitative estimate of drug-likeness (QED) is 0.384.